The largest absolute Gasteiger partial charge is 0.645 e. The van der Waals surface area contributed by atoms with Gasteiger partial charge in [-0.15, -0.1) is 34.8 Å². The first kappa shape index (κ1) is 39.3. The number of rotatable bonds is 6. The molecule has 11 nitrogen and oxygen atoms in total. The van der Waals surface area contributed by atoms with Crippen molar-refractivity contribution in [3.8, 4) is 49.8 Å². The summed E-state index contributed by atoms with van der Waals surface area (Å²) in [6.07, 6.45) is 0.553. The van der Waals surface area contributed by atoms with Crippen molar-refractivity contribution in [3.63, 3.8) is 0 Å². The number of aromatic hydroxyl groups is 3. The van der Waals surface area contributed by atoms with Gasteiger partial charge in [0.15, 0.2) is 5.58 Å². The standard InChI is InChI=1S/C14H12N2O2.2C14H12N2OS.2BHIP.BH2O/c3*1-15-10-4-2-9(3-5-10)14-16-12-7-6-11(17)8-13(12)18-14;2*1-3-2;1-2/h3*2-8,15,17H,1H3;2*3H;1H2/q;;;;;-1/i2*1T3;;3T;;1T. The van der Waals surface area contributed by atoms with Gasteiger partial charge >= 0.3 is 0 Å². The minimum atomic E-state index is -2.23. The lowest BCUT2D eigenvalue weighted by atomic mass is 10.2. The molecule has 314 valence electrons. The summed E-state index contributed by atoms with van der Waals surface area (Å²) < 4.78 is 71.1. The lowest BCUT2D eigenvalue weighted by Gasteiger charge is -2.00. The van der Waals surface area contributed by atoms with Crippen LogP contribution in [0.1, 0.15) is 8.22 Å². The van der Waals surface area contributed by atoms with E-state index in [0.29, 0.717) is 34.5 Å². The summed E-state index contributed by atoms with van der Waals surface area (Å²) in [6, 6.07) is 36.1. The Morgan fingerprint density at radius 3 is 1.42 bits per heavy atom. The molecule has 0 saturated heterocycles. The van der Waals surface area contributed by atoms with Crippen LogP contribution >= 0.6 is 78.9 Å². The molecule has 6 N–H and O–H groups in total. The van der Waals surface area contributed by atoms with E-state index >= 15 is 0 Å². The zero-order valence-electron chi connectivity index (χ0n) is 40.5. The predicted octanol–water partition coefficient (Wildman–Crippen LogP) is 11.8. The second-order valence-corrected chi connectivity index (χ2v) is 18.0. The van der Waals surface area contributed by atoms with Crippen molar-refractivity contribution in [2.75, 3.05) is 36.9 Å². The van der Waals surface area contributed by atoms with Crippen LogP contribution in [0.15, 0.2) is 132 Å². The maximum Gasteiger partial charge on any atom is 0.227 e. The minimum absolute atomic E-state index is 0.113. The van der Waals surface area contributed by atoms with Gasteiger partial charge in [-0.3, -0.25) is 0 Å². The smallest absolute Gasteiger partial charge is 0.227 e. The molecule has 0 amide bonds. The van der Waals surface area contributed by atoms with Crippen LogP contribution < -0.4 is 16.0 Å². The van der Waals surface area contributed by atoms with Gasteiger partial charge in [-0.2, -0.15) is 1.34 Å². The fourth-order valence-electron chi connectivity index (χ4n) is 5.28. The van der Waals surface area contributed by atoms with Crippen LogP contribution in [0.2, 0.25) is 0 Å². The zero-order chi connectivity index (χ0) is 51.6. The van der Waals surface area contributed by atoms with Crippen LogP contribution in [0.25, 0.3) is 64.1 Å². The quantitative estimate of drug-likeness (QED) is 0.0533. The fourth-order valence-corrected chi connectivity index (χ4v) is 7.29. The molecule has 2 atom stereocenters. The van der Waals surface area contributed by atoms with Crippen molar-refractivity contribution in [1.82, 2.24) is 15.0 Å². The van der Waals surface area contributed by atoms with E-state index in [1.807, 2.05) is 71.6 Å². The van der Waals surface area contributed by atoms with Gasteiger partial charge in [0, 0.05) is 76.7 Å². The molecule has 0 aliphatic heterocycles. The highest BCUT2D eigenvalue weighted by molar-refractivity contribution is 14.2. The zero-order valence-corrected chi connectivity index (χ0v) is 40.3. The Hall–Kier alpha value is -4.32. The number of hydrogen-bond donors (Lipinski definition) is 6. The van der Waals surface area contributed by atoms with Gasteiger partial charge in [0.25, 0.3) is 0 Å². The van der Waals surface area contributed by atoms with Crippen molar-refractivity contribution in [2.45, 2.75) is 0 Å². The van der Waals surface area contributed by atoms with Crippen molar-refractivity contribution in [2.24, 2.45) is 0 Å². The number of aromatic nitrogens is 3. The SMILES string of the molecule is CNc1ccc(-c2nc3ccc(O)cc3s2)cc1.[3H]C([3H])([3H])Nc1ccc(-c2nc3ccc(O)cc3o2)cc1.[3H]C([3H])([3H])Nc1ccc(-c2nc3ccc(O)cc3s2)cc1.[3H]P([B])I.[3H][BH-]=O.[B]PI. The number of fused-ring (bicyclic) bond motifs is 3. The van der Waals surface area contributed by atoms with Crippen molar-refractivity contribution < 1.29 is 32.7 Å². The van der Waals surface area contributed by atoms with E-state index in [-0.39, 0.29) is 17.2 Å². The number of nitrogens with zero attached hydrogens (tertiary/aromatic N) is 3. The molecule has 0 spiro atoms. The molecule has 6 aromatic carbocycles. The highest BCUT2D eigenvalue weighted by Gasteiger charge is 2.10. The van der Waals surface area contributed by atoms with Crippen LogP contribution in [0.3, 0.4) is 0 Å². The normalized spacial score (nSPS) is 12.9. The number of nitrogens with one attached hydrogen (secondary N) is 3. The first-order chi connectivity index (χ1) is 33.1. The summed E-state index contributed by atoms with van der Waals surface area (Å²) in [5.41, 5.74) is 7.73. The number of thiazole rings is 2. The highest BCUT2D eigenvalue weighted by atomic mass is 127. The number of anilines is 3. The Bertz CT molecular complexity index is 2920. The van der Waals surface area contributed by atoms with Crippen molar-refractivity contribution in [3.05, 3.63) is 127 Å². The Morgan fingerprint density at radius 2 is 1.02 bits per heavy atom. The topological polar surface area (TPSA) is 166 Å². The van der Waals surface area contributed by atoms with Crippen molar-refractivity contribution >= 4 is 150 Å². The second kappa shape index (κ2) is 26.3. The van der Waals surface area contributed by atoms with Crippen LogP contribution in [0.4, 0.5) is 17.1 Å². The first-order valence-electron chi connectivity index (χ1n) is 21.8. The number of hydrogen-bond acceptors (Lipinski definition) is 13. The van der Waals surface area contributed by atoms with Gasteiger partial charge in [-0.1, -0.05) is 44.1 Å². The molecule has 4 radical (unpaired) electrons. The second-order valence-electron chi connectivity index (χ2n) is 12.0. The maximum absolute atomic E-state index is 9.47. The lowest BCUT2D eigenvalue weighted by Crippen LogP contribution is -1.86. The van der Waals surface area contributed by atoms with Crippen LogP contribution in [0.5, 0.6) is 17.2 Å². The van der Waals surface area contributed by atoms with Crippen LogP contribution in [-0.2, 0) is 4.70 Å². The lowest BCUT2D eigenvalue weighted by molar-refractivity contribution is 0.474. The molecule has 9 rings (SSSR count). The third kappa shape index (κ3) is 14.6. The summed E-state index contributed by atoms with van der Waals surface area (Å²) >= 11 is 7.01. The predicted molar refractivity (Wildman–Crippen MR) is 289 cm³/mol. The van der Waals surface area contributed by atoms with Gasteiger partial charge < -0.3 is 40.4 Å². The summed E-state index contributed by atoms with van der Waals surface area (Å²) in [7, 11) is 10.8. The summed E-state index contributed by atoms with van der Waals surface area (Å²) in [6.45, 7) is -4.43. The van der Waals surface area contributed by atoms with Gasteiger partial charge in [0.2, 0.25) is 5.89 Å². The van der Waals surface area contributed by atoms with E-state index < -0.39 is 27.7 Å². The van der Waals surface area contributed by atoms with E-state index in [9.17, 15) is 15.3 Å². The van der Waals surface area contributed by atoms with E-state index in [2.05, 4.69) is 52.9 Å². The van der Waals surface area contributed by atoms with Gasteiger partial charge in [0.1, 0.15) is 47.9 Å². The molecule has 0 aliphatic carbocycles. The molecular weight excluding hydrogens is 1080 g/mol. The number of phenolic OH excluding ortho intramolecular Hbond substituents is 3. The average Bonchev–Trinajstić information content (AvgIpc) is 4.03. The van der Waals surface area contributed by atoms with E-state index in [1.165, 1.54) is 23.5 Å². The molecule has 9 aromatic rings. The molecule has 0 fully saturated rings. The fraction of sp³-hybridized carbons (Fsp3) is 0.0714. The number of halogens is 2. The molecule has 20 heteroatoms. The van der Waals surface area contributed by atoms with Crippen LogP contribution in [-0.4, -0.2) is 76.7 Å². The third-order valence-corrected chi connectivity index (χ3v) is 10.2. The summed E-state index contributed by atoms with van der Waals surface area (Å²) in [5, 5.41) is 38.1. The summed E-state index contributed by atoms with van der Waals surface area (Å²) in [5.74, 6) is 1.02. The number of benzene rings is 6. The van der Waals surface area contributed by atoms with Gasteiger partial charge in [-0.05, 0) is 121 Å². The maximum atomic E-state index is 9.47. The number of oxazole rings is 1. The highest BCUT2D eigenvalue weighted by Crippen LogP contribution is 2.34. The number of phenols is 3. The molecule has 3 heterocycles. The Balaban J connectivity index is 0.000000209. The van der Waals surface area contributed by atoms with Crippen LogP contribution in [0, 0.1) is 0 Å². The monoisotopic (exact) mass is 1140 g/mol. The Labute approximate surface area is 411 Å². The minimum Gasteiger partial charge on any atom is -0.645 e. The van der Waals surface area contributed by atoms with Gasteiger partial charge in [0.05, 0.1) is 21.7 Å². The van der Waals surface area contributed by atoms with E-state index in [1.54, 1.807) is 84.1 Å². The average molecular weight is 1140 g/mol. The molecule has 0 aliphatic rings. The Morgan fingerprint density at radius 1 is 0.645 bits per heavy atom. The molecule has 2 unspecified atom stereocenters. The molecule has 0 saturated carbocycles. The third-order valence-electron chi connectivity index (χ3n) is 8.09. The molecule has 3 aromatic heterocycles. The molecular formula is C42H40B3I2N6O5P2S2-. The van der Waals surface area contributed by atoms with Crippen molar-refractivity contribution in [1.29, 1.82) is 2.61 Å². The summed E-state index contributed by atoms with van der Waals surface area (Å²) in [4.78, 5) is 13.4. The van der Waals surface area contributed by atoms with E-state index in [0.717, 1.165) is 52.8 Å². The van der Waals surface area contributed by atoms with E-state index in [4.69, 9.17) is 35.1 Å². The Kier molecular flexibility index (Phi) is 16.7. The first-order valence-corrected chi connectivity index (χ1v) is 27.2. The molecule has 62 heavy (non-hydrogen) atoms. The molecule has 0 bridgehead atoms. The van der Waals surface area contributed by atoms with Gasteiger partial charge in [-0.25, -0.2) is 15.0 Å².